The van der Waals surface area contributed by atoms with Crippen molar-refractivity contribution in [2.75, 3.05) is 14.2 Å². The van der Waals surface area contributed by atoms with E-state index in [1.165, 1.54) is 14.2 Å². The maximum atomic E-state index is 13.6. The van der Waals surface area contributed by atoms with Crippen molar-refractivity contribution in [1.82, 2.24) is 41.0 Å². The predicted octanol–water partition coefficient (Wildman–Crippen LogP) is 5.28. The molecule has 298 valence electrons. The van der Waals surface area contributed by atoms with Crippen molar-refractivity contribution in [2.24, 2.45) is 11.8 Å². The average Bonchev–Trinajstić information content (AvgIpc) is 3.42. The number of nitrogens with zero attached hydrogens (tertiary/aromatic N) is 3. The number of fused-ring (bicyclic) bond motifs is 2. The lowest BCUT2D eigenvalue weighted by molar-refractivity contribution is -0.138. The molecule has 4 amide bonds. The average molecular weight is 808 g/mol. The molecule has 2 saturated carbocycles. The van der Waals surface area contributed by atoms with Crippen LogP contribution < -0.4 is 21.3 Å². The SMILES string of the molecule is COC(=O)N[C@@H](C)C(=O)N1C2C[C@@H]2C[C@H]1[C@H]1NC(Cl)=C(c2ccc(C3(C)C=CC(c4nc([C@@H]5C[C@H]6CC[C@H]6N5C(=O)[C@H](C)NC(=O)OC)[nH]c4Cl)=CC3)cc2)N1. The van der Waals surface area contributed by atoms with Crippen molar-refractivity contribution in [1.29, 1.82) is 0 Å². The molecule has 14 nitrogen and oxygen atoms in total. The van der Waals surface area contributed by atoms with Crippen molar-refractivity contribution in [2.45, 2.75) is 107 Å². The number of benzene rings is 1. The van der Waals surface area contributed by atoms with Crippen LogP contribution in [-0.2, 0) is 24.5 Å². The van der Waals surface area contributed by atoms with Crippen LogP contribution in [0.4, 0.5) is 9.59 Å². The standard InChI is InChI=1S/C40H48Cl2N8O6/c1-19(43-38(53)55-4)36(51)49-26-11-8-23(26)16-28(49)34-46-31(33(42)48-34)22-12-14-40(3,15-13-22)25-9-6-21(7-10-25)30-32(41)47-35(45-30)29-18-24-17-27(24)50(29)37(52)20(2)44-39(54)56-5/h6-7,9-10,12-14,19-20,23-24,26-29,35,45,47H,8,11,15-18H2,1-5H3,(H,43,53)(H,44,54)(H,46,48)/t19-,20-,23+,24+,26+,27?,28-,29-,35+,40?/m0/s1. The minimum Gasteiger partial charge on any atom is -0.453 e. The van der Waals surface area contributed by atoms with Crippen LogP contribution in [0.3, 0.4) is 0 Å². The minimum atomic E-state index is -0.736. The van der Waals surface area contributed by atoms with Gasteiger partial charge >= 0.3 is 12.2 Å². The Balaban J connectivity index is 0.922. The molecule has 0 spiro atoms. The third-order valence-electron chi connectivity index (χ3n) is 12.7. The van der Waals surface area contributed by atoms with Gasteiger partial charge in [-0.15, -0.1) is 0 Å². The molecule has 1 aromatic heterocycles. The maximum absolute atomic E-state index is 13.6. The molecule has 3 aliphatic carbocycles. The summed E-state index contributed by atoms with van der Waals surface area (Å²) in [5.41, 5.74) is 4.10. The highest BCUT2D eigenvalue weighted by atomic mass is 35.5. The summed E-state index contributed by atoms with van der Waals surface area (Å²) in [6, 6.07) is 6.78. The number of ether oxygens (including phenoxy) is 2. The first-order valence-electron chi connectivity index (χ1n) is 19.3. The zero-order valence-corrected chi connectivity index (χ0v) is 33.5. The van der Waals surface area contributed by atoms with E-state index in [9.17, 15) is 19.2 Å². The van der Waals surface area contributed by atoms with Gasteiger partial charge in [0, 0.05) is 23.1 Å². The van der Waals surface area contributed by atoms with E-state index in [4.69, 9.17) is 37.7 Å². The lowest BCUT2D eigenvalue weighted by atomic mass is 9.75. The summed E-state index contributed by atoms with van der Waals surface area (Å²) in [5, 5.41) is 13.1. The van der Waals surface area contributed by atoms with E-state index in [-0.39, 0.29) is 47.6 Å². The minimum absolute atomic E-state index is 0.114. The van der Waals surface area contributed by atoms with Gasteiger partial charge in [0.15, 0.2) is 0 Å². The van der Waals surface area contributed by atoms with Crippen molar-refractivity contribution in [3.63, 3.8) is 0 Å². The van der Waals surface area contributed by atoms with E-state index in [0.29, 0.717) is 40.1 Å². The summed E-state index contributed by atoms with van der Waals surface area (Å²) >= 11 is 13.6. The summed E-state index contributed by atoms with van der Waals surface area (Å²) in [6.45, 7) is 5.54. The van der Waals surface area contributed by atoms with Crippen LogP contribution in [0.2, 0.25) is 5.15 Å². The van der Waals surface area contributed by atoms with E-state index in [1.54, 1.807) is 13.8 Å². The summed E-state index contributed by atoms with van der Waals surface area (Å²) in [4.78, 5) is 62.6. The van der Waals surface area contributed by atoms with Crippen LogP contribution >= 0.6 is 23.2 Å². The van der Waals surface area contributed by atoms with Crippen LogP contribution in [0.1, 0.15) is 88.0 Å². The molecule has 1 aromatic carbocycles. The number of aromatic amines is 1. The molecule has 0 bridgehead atoms. The second kappa shape index (κ2) is 14.7. The smallest absolute Gasteiger partial charge is 0.407 e. The molecule has 10 atom stereocenters. The van der Waals surface area contributed by atoms with E-state index in [0.717, 1.165) is 54.5 Å². The number of alkyl carbamates (subject to hydrolysis) is 2. The zero-order chi connectivity index (χ0) is 39.6. The first-order chi connectivity index (χ1) is 26.8. The van der Waals surface area contributed by atoms with Crippen LogP contribution in [0, 0.1) is 11.8 Å². The number of carbonyl (C=O) groups is 4. The number of hydrogen-bond donors (Lipinski definition) is 5. The van der Waals surface area contributed by atoms with Gasteiger partial charge in [0.05, 0.1) is 32.0 Å². The highest BCUT2D eigenvalue weighted by molar-refractivity contribution is 6.32. The number of methoxy groups -OCH3 is 2. The molecule has 5 N–H and O–H groups in total. The summed E-state index contributed by atoms with van der Waals surface area (Å²) < 4.78 is 9.41. The van der Waals surface area contributed by atoms with Gasteiger partial charge in [0.25, 0.3) is 0 Å². The van der Waals surface area contributed by atoms with Gasteiger partial charge in [-0.3, -0.25) is 9.59 Å². The number of amides is 4. The predicted molar refractivity (Wildman–Crippen MR) is 210 cm³/mol. The van der Waals surface area contributed by atoms with Crippen LogP contribution in [0.5, 0.6) is 0 Å². The number of carbonyl (C=O) groups excluding carboxylic acids is 4. The third kappa shape index (κ3) is 6.78. The Morgan fingerprint density at radius 3 is 2.14 bits per heavy atom. The first kappa shape index (κ1) is 38.2. The third-order valence-corrected chi connectivity index (χ3v) is 13.3. The molecule has 3 aliphatic heterocycles. The maximum Gasteiger partial charge on any atom is 0.407 e. The lowest BCUT2D eigenvalue weighted by Gasteiger charge is -2.38. The highest BCUT2D eigenvalue weighted by Crippen LogP contribution is 2.51. The molecule has 8 rings (SSSR count). The first-order valence-corrected chi connectivity index (χ1v) is 20.1. The van der Waals surface area contributed by atoms with Crippen molar-refractivity contribution in [3.05, 3.63) is 75.4 Å². The number of piperidine rings is 1. The van der Waals surface area contributed by atoms with Crippen molar-refractivity contribution < 1.29 is 28.7 Å². The fourth-order valence-electron chi connectivity index (χ4n) is 9.27. The molecule has 0 radical (unpaired) electrons. The summed E-state index contributed by atoms with van der Waals surface area (Å²) in [7, 11) is 2.56. The van der Waals surface area contributed by atoms with Crippen molar-refractivity contribution in [3.8, 4) is 0 Å². The van der Waals surface area contributed by atoms with Crippen molar-refractivity contribution >= 4 is 58.5 Å². The zero-order valence-electron chi connectivity index (χ0n) is 32.0. The van der Waals surface area contributed by atoms with Crippen LogP contribution in [0.15, 0.2) is 47.6 Å². The molecule has 2 aromatic rings. The second-order valence-electron chi connectivity index (χ2n) is 16.2. The number of nitrogens with one attached hydrogen (secondary N) is 5. The summed E-state index contributed by atoms with van der Waals surface area (Å²) in [6.07, 6.45) is 10.1. The van der Waals surface area contributed by atoms with Gasteiger partial charge in [-0.2, -0.15) is 0 Å². The molecule has 56 heavy (non-hydrogen) atoms. The Labute approximate surface area is 335 Å². The number of imidazole rings is 1. The Morgan fingerprint density at radius 2 is 1.54 bits per heavy atom. The van der Waals surface area contributed by atoms with Crippen LogP contribution in [0.25, 0.3) is 11.3 Å². The van der Waals surface area contributed by atoms with Gasteiger partial charge in [-0.05, 0) is 75.3 Å². The molecule has 4 heterocycles. The Kier molecular flexibility index (Phi) is 10.0. The molecule has 2 unspecified atom stereocenters. The number of H-pyrrole nitrogens is 1. The molecular formula is C40H48Cl2N8O6. The topological polar surface area (TPSA) is 170 Å². The van der Waals surface area contributed by atoms with Gasteiger partial charge < -0.3 is 45.5 Å². The largest absolute Gasteiger partial charge is 0.453 e. The van der Waals surface area contributed by atoms with Gasteiger partial charge in [-0.25, -0.2) is 14.6 Å². The Bertz CT molecular complexity index is 2030. The van der Waals surface area contributed by atoms with Gasteiger partial charge in [0.1, 0.15) is 40.1 Å². The molecule has 4 fully saturated rings. The lowest BCUT2D eigenvalue weighted by Crippen LogP contribution is -2.57. The number of likely N-dealkylation sites (tertiary alicyclic amines) is 2. The second-order valence-corrected chi connectivity index (χ2v) is 16.9. The van der Waals surface area contributed by atoms with E-state index in [1.807, 2.05) is 9.80 Å². The van der Waals surface area contributed by atoms with E-state index < -0.39 is 24.3 Å². The normalized spacial score (nSPS) is 30.9. The molecule has 2 saturated heterocycles. The summed E-state index contributed by atoms with van der Waals surface area (Å²) in [5.74, 6) is 1.19. The number of aromatic nitrogens is 2. The Morgan fingerprint density at radius 1 is 0.875 bits per heavy atom. The fourth-order valence-corrected chi connectivity index (χ4v) is 9.80. The highest BCUT2D eigenvalue weighted by Gasteiger charge is 2.57. The monoisotopic (exact) mass is 806 g/mol. The number of hydrogen-bond acceptors (Lipinski definition) is 9. The van der Waals surface area contributed by atoms with Crippen LogP contribution in [-0.4, -0.2) is 94.4 Å². The molecule has 6 aliphatic rings. The Hall–Kier alpha value is -4.69. The molecule has 16 heteroatoms. The van der Waals surface area contributed by atoms with Gasteiger partial charge in [-0.1, -0.05) is 72.6 Å². The fraction of sp³-hybridized carbons (Fsp3) is 0.525. The number of rotatable bonds is 9. The van der Waals surface area contributed by atoms with E-state index >= 15 is 0 Å². The number of halogens is 2. The quantitative estimate of drug-likeness (QED) is 0.212. The molecular weight excluding hydrogens is 759 g/mol. The van der Waals surface area contributed by atoms with Gasteiger partial charge in [0.2, 0.25) is 11.8 Å². The number of allylic oxidation sites excluding steroid dienone is 4. The van der Waals surface area contributed by atoms with E-state index in [2.05, 4.69) is 75.7 Å².